The summed E-state index contributed by atoms with van der Waals surface area (Å²) in [5.41, 5.74) is -0.214. The van der Waals surface area contributed by atoms with E-state index in [1.807, 2.05) is 37.3 Å². The molecule has 9 heteroatoms. The van der Waals surface area contributed by atoms with Crippen LogP contribution in [0.15, 0.2) is 59.0 Å². The molecule has 0 radical (unpaired) electrons. The Labute approximate surface area is 202 Å². The van der Waals surface area contributed by atoms with Crippen molar-refractivity contribution in [1.82, 2.24) is 4.98 Å². The standard InChI is InChI=1S/C26H27NO8/c1-3-33-22(28)16-26(24(29)30,25(31)32)15-18-9-11-20(12-10-18)34-14-13-21-17(2)35-23(27-21)19-7-5-4-6-8-19/h4-12H,3,13-16H2,1-2H3,(H,29,30)(H,31,32). The molecule has 0 atom stereocenters. The summed E-state index contributed by atoms with van der Waals surface area (Å²) >= 11 is 0. The first-order valence-corrected chi connectivity index (χ1v) is 11.1. The highest BCUT2D eigenvalue weighted by Crippen LogP contribution is 2.30. The van der Waals surface area contributed by atoms with Crippen LogP contribution in [-0.4, -0.2) is 46.3 Å². The molecule has 0 saturated carbocycles. The molecule has 1 heterocycles. The van der Waals surface area contributed by atoms with Crippen LogP contribution in [0.1, 0.15) is 30.4 Å². The van der Waals surface area contributed by atoms with Gasteiger partial charge in [-0.05, 0) is 50.1 Å². The number of aromatic nitrogens is 1. The number of carbonyl (C=O) groups is 3. The van der Waals surface area contributed by atoms with Gasteiger partial charge >= 0.3 is 17.9 Å². The number of carboxylic acids is 2. The van der Waals surface area contributed by atoms with Gasteiger partial charge in [0, 0.05) is 12.0 Å². The Kier molecular flexibility index (Phi) is 8.25. The zero-order valence-corrected chi connectivity index (χ0v) is 19.5. The van der Waals surface area contributed by atoms with Crippen LogP contribution in [0, 0.1) is 12.3 Å². The van der Waals surface area contributed by atoms with Crippen LogP contribution in [0.25, 0.3) is 11.5 Å². The van der Waals surface area contributed by atoms with Crippen molar-refractivity contribution in [2.45, 2.75) is 33.1 Å². The minimum atomic E-state index is -2.32. The van der Waals surface area contributed by atoms with E-state index in [2.05, 4.69) is 4.98 Å². The van der Waals surface area contributed by atoms with Gasteiger partial charge in [-0.2, -0.15) is 0 Å². The summed E-state index contributed by atoms with van der Waals surface area (Å²) in [5, 5.41) is 19.2. The van der Waals surface area contributed by atoms with Crippen molar-refractivity contribution in [2.75, 3.05) is 13.2 Å². The minimum absolute atomic E-state index is 0.0294. The Morgan fingerprint density at radius 1 is 1.00 bits per heavy atom. The third kappa shape index (κ3) is 6.26. The van der Waals surface area contributed by atoms with E-state index in [4.69, 9.17) is 13.9 Å². The summed E-state index contributed by atoms with van der Waals surface area (Å²) in [5.74, 6) is -2.29. The zero-order chi connectivity index (χ0) is 25.4. The summed E-state index contributed by atoms with van der Waals surface area (Å²) in [6.45, 7) is 3.77. The predicted molar refractivity (Wildman–Crippen MR) is 125 cm³/mol. The lowest BCUT2D eigenvalue weighted by molar-refractivity contribution is -0.170. The normalized spacial score (nSPS) is 11.1. The van der Waals surface area contributed by atoms with Gasteiger partial charge in [-0.15, -0.1) is 0 Å². The number of hydrogen-bond acceptors (Lipinski definition) is 7. The van der Waals surface area contributed by atoms with Crippen LogP contribution >= 0.6 is 0 Å². The number of ether oxygens (including phenoxy) is 2. The van der Waals surface area contributed by atoms with E-state index >= 15 is 0 Å². The number of esters is 1. The summed E-state index contributed by atoms with van der Waals surface area (Å²) in [4.78, 5) is 40.1. The Bertz CT molecular complexity index is 1150. The lowest BCUT2D eigenvalue weighted by Gasteiger charge is -2.24. The second-order valence-electron chi connectivity index (χ2n) is 7.98. The molecule has 3 rings (SSSR count). The Morgan fingerprint density at radius 2 is 1.66 bits per heavy atom. The number of benzene rings is 2. The largest absolute Gasteiger partial charge is 0.493 e. The molecule has 0 spiro atoms. The molecule has 0 bridgehead atoms. The van der Waals surface area contributed by atoms with Gasteiger partial charge in [-0.1, -0.05) is 30.3 Å². The molecule has 2 aromatic carbocycles. The van der Waals surface area contributed by atoms with Crippen molar-refractivity contribution in [3.63, 3.8) is 0 Å². The summed E-state index contributed by atoms with van der Waals surface area (Å²) in [6.07, 6.45) is -0.631. The molecule has 184 valence electrons. The van der Waals surface area contributed by atoms with Crippen LogP contribution in [0.5, 0.6) is 5.75 Å². The molecule has 0 aliphatic rings. The average Bonchev–Trinajstić information content (AvgIpc) is 3.20. The van der Waals surface area contributed by atoms with Crippen LogP contribution < -0.4 is 4.74 Å². The molecule has 1 aromatic heterocycles. The van der Waals surface area contributed by atoms with Gasteiger partial charge in [0.25, 0.3) is 0 Å². The van der Waals surface area contributed by atoms with E-state index in [9.17, 15) is 24.6 Å². The van der Waals surface area contributed by atoms with Crippen molar-refractivity contribution in [3.05, 3.63) is 71.6 Å². The fourth-order valence-corrected chi connectivity index (χ4v) is 3.60. The first-order valence-electron chi connectivity index (χ1n) is 11.1. The first-order chi connectivity index (χ1) is 16.7. The van der Waals surface area contributed by atoms with Gasteiger partial charge in [0.15, 0.2) is 5.41 Å². The fraction of sp³-hybridized carbons (Fsp3) is 0.308. The molecule has 9 nitrogen and oxygen atoms in total. The highest BCUT2D eigenvalue weighted by atomic mass is 16.5. The number of carboxylic acid groups (broad SMARTS) is 2. The molecule has 0 fully saturated rings. The molecule has 0 aliphatic carbocycles. The third-order valence-corrected chi connectivity index (χ3v) is 5.52. The first kappa shape index (κ1) is 25.5. The number of carbonyl (C=O) groups excluding carboxylic acids is 1. The predicted octanol–water partition coefficient (Wildman–Crippen LogP) is 3.92. The van der Waals surface area contributed by atoms with Crippen molar-refractivity contribution in [3.8, 4) is 17.2 Å². The molecule has 35 heavy (non-hydrogen) atoms. The third-order valence-electron chi connectivity index (χ3n) is 5.52. The van der Waals surface area contributed by atoms with Crippen molar-refractivity contribution in [2.24, 2.45) is 5.41 Å². The van der Waals surface area contributed by atoms with Crippen LogP contribution in [-0.2, 0) is 32.0 Å². The van der Waals surface area contributed by atoms with Crippen LogP contribution in [0.3, 0.4) is 0 Å². The molecule has 0 unspecified atom stereocenters. The molecular weight excluding hydrogens is 454 g/mol. The van der Waals surface area contributed by atoms with E-state index in [-0.39, 0.29) is 13.0 Å². The average molecular weight is 482 g/mol. The van der Waals surface area contributed by atoms with E-state index < -0.39 is 29.7 Å². The summed E-state index contributed by atoms with van der Waals surface area (Å²) < 4.78 is 16.3. The maximum Gasteiger partial charge on any atom is 0.322 e. The number of nitrogens with zero attached hydrogens (tertiary/aromatic N) is 1. The summed E-state index contributed by atoms with van der Waals surface area (Å²) in [7, 11) is 0. The smallest absolute Gasteiger partial charge is 0.322 e. The van der Waals surface area contributed by atoms with E-state index in [0.717, 1.165) is 11.3 Å². The lowest BCUT2D eigenvalue weighted by atomic mass is 9.78. The van der Waals surface area contributed by atoms with Gasteiger partial charge in [-0.3, -0.25) is 14.4 Å². The van der Waals surface area contributed by atoms with Crippen molar-refractivity contribution < 1.29 is 38.5 Å². The topological polar surface area (TPSA) is 136 Å². The molecule has 3 aromatic rings. The lowest BCUT2D eigenvalue weighted by Crippen LogP contribution is -2.43. The van der Waals surface area contributed by atoms with Gasteiger partial charge < -0.3 is 24.1 Å². The fourth-order valence-electron chi connectivity index (χ4n) is 3.60. The SMILES string of the molecule is CCOC(=O)CC(Cc1ccc(OCCc2nc(-c3ccccc3)oc2C)cc1)(C(=O)O)C(=O)O. The molecule has 0 aliphatic heterocycles. The number of aryl methyl sites for hydroxylation is 1. The van der Waals surface area contributed by atoms with Crippen molar-refractivity contribution >= 4 is 17.9 Å². The van der Waals surface area contributed by atoms with Crippen LogP contribution in [0.2, 0.25) is 0 Å². The zero-order valence-electron chi connectivity index (χ0n) is 19.5. The van der Waals surface area contributed by atoms with Gasteiger partial charge in [0.2, 0.25) is 5.89 Å². The Hall–Kier alpha value is -4.14. The minimum Gasteiger partial charge on any atom is -0.493 e. The second-order valence-corrected chi connectivity index (χ2v) is 7.98. The highest BCUT2D eigenvalue weighted by Gasteiger charge is 2.49. The van der Waals surface area contributed by atoms with E-state index in [1.54, 1.807) is 31.2 Å². The molecule has 0 amide bonds. The number of hydrogen-bond donors (Lipinski definition) is 2. The molecular formula is C26H27NO8. The number of rotatable bonds is 12. The Morgan fingerprint density at radius 3 is 2.26 bits per heavy atom. The van der Waals surface area contributed by atoms with Gasteiger partial charge in [0.05, 0.1) is 25.3 Å². The Balaban J connectivity index is 1.62. The maximum atomic E-state index is 11.9. The van der Waals surface area contributed by atoms with E-state index in [0.29, 0.717) is 36.0 Å². The van der Waals surface area contributed by atoms with Gasteiger partial charge in [-0.25, -0.2) is 4.98 Å². The highest BCUT2D eigenvalue weighted by molar-refractivity contribution is 6.01. The van der Waals surface area contributed by atoms with Gasteiger partial charge in [0.1, 0.15) is 11.5 Å². The van der Waals surface area contributed by atoms with Crippen LogP contribution in [0.4, 0.5) is 0 Å². The quantitative estimate of drug-likeness (QED) is 0.291. The van der Waals surface area contributed by atoms with Crippen molar-refractivity contribution in [1.29, 1.82) is 0 Å². The maximum absolute atomic E-state index is 11.9. The second kappa shape index (κ2) is 11.3. The monoisotopic (exact) mass is 481 g/mol. The molecule has 2 N–H and O–H groups in total. The number of aliphatic carboxylic acids is 2. The summed E-state index contributed by atoms with van der Waals surface area (Å²) in [6, 6.07) is 16.0. The number of oxazole rings is 1. The van der Waals surface area contributed by atoms with E-state index in [1.165, 1.54) is 0 Å². The molecule has 0 saturated heterocycles.